The summed E-state index contributed by atoms with van der Waals surface area (Å²) in [6, 6.07) is 6.33. The predicted octanol–water partition coefficient (Wildman–Crippen LogP) is 1.30. The van der Waals surface area contributed by atoms with Crippen molar-refractivity contribution in [1.82, 2.24) is 4.90 Å². The fourth-order valence-corrected chi connectivity index (χ4v) is 5.01. The maximum Gasteiger partial charge on any atom is 0.226 e. The molecule has 0 N–H and O–H groups in total. The number of hydrogen-bond donors (Lipinski definition) is 0. The van der Waals surface area contributed by atoms with Gasteiger partial charge in [0.1, 0.15) is 5.82 Å². The van der Waals surface area contributed by atoms with E-state index in [4.69, 9.17) is 0 Å². The summed E-state index contributed by atoms with van der Waals surface area (Å²) >= 11 is 0. The van der Waals surface area contributed by atoms with E-state index in [-0.39, 0.29) is 29.1 Å². The number of halogens is 1. The lowest BCUT2D eigenvalue weighted by Gasteiger charge is -2.38. The average molecular weight is 340 g/mol. The molecule has 2 heterocycles. The predicted molar refractivity (Wildman–Crippen MR) is 86.6 cm³/mol. The Morgan fingerprint density at radius 1 is 1.09 bits per heavy atom. The van der Waals surface area contributed by atoms with Crippen molar-refractivity contribution < 1.29 is 17.6 Å². The normalized spacial score (nSPS) is 24.5. The number of rotatable bonds is 2. The lowest BCUT2D eigenvalue weighted by molar-refractivity contribution is -0.135. The molecule has 3 rings (SSSR count). The topological polar surface area (TPSA) is 57.7 Å². The van der Waals surface area contributed by atoms with E-state index in [0.717, 1.165) is 5.69 Å². The monoisotopic (exact) mass is 340 g/mol. The van der Waals surface area contributed by atoms with E-state index < -0.39 is 9.84 Å². The minimum absolute atomic E-state index is 0.00991. The van der Waals surface area contributed by atoms with Crippen LogP contribution in [0.25, 0.3) is 0 Å². The summed E-state index contributed by atoms with van der Waals surface area (Å²) in [5.74, 6) is -0.488. The maximum atomic E-state index is 13.0. The van der Waals surface area contributed by atoms with Crippen molar-refractivity contribution in [3.63, 3.8) is 0 Å². The fraction of sp³-hybridized carbons (Fsp3) is 0.562. The van der Waals surface area contributed by atoms with Gasteiger partial charge in [0.25, 0.3) is 0 Å². The zero-order valence-corrected chi connectivity index (χ0v) is 13.8. The first-order chi connectivity index (χ1) is 10.9. The van der Waals surface area contributed by atoms with Crippen molar-refractivity contribution in [3.05, 3.63) is 30.1 Å². The molecule has 126 valence electrons. The van der Waals surface area contributed by atoms with Crippen LogP contribution < -0.4 is 4.90 Å². The second kappa shape index (κ2) is 6.47. The smallest absolute Gasteiger partial charge is 0.226 e. The molecule has 1 atom stereocenters. The highest BCUT2D eigenvalue weighted by atomic mass is 32.2. The van der Waals surface area contributed by atoms with Gasteiger partial charge in [0.2, 0.25) is 5.91 Å². The summed E-state index contributed by atoms with van der Waals surface area (Å²) in [4.78, 5) is 16.4. The van der Waals surface area contributed by atoms with Crippen LogP contribution in [0.3, 0.4) is 0 Å². The summed E-state index contributed by atoms with van der Waals surface area (Å²) in [5, 5.41) is 0. The van der Waals surface area contributed by atoms with Crippen LogP contribution >= 0.6 is 0 Å². The third kappa shape index (κ3) is 3.83. The third-order valence-electron chi connectivity index (χ3n) is 4.60. The molecule has 1 aromatic rings. The quantitative estimate of drug-likeness (QED) is 0.814. The Kier molecular flexibility index (Phi) is 4.57. The Labute approximate surface area is 136 Å². The number of benzene rings is 1. The van der Waals surface area contributed by atoms with Crippen LogP contribution in [0, 0.1) is 11.7 Å². The molecular weight excluding hydrogens is 319 g/mol. The van der Waals surface area contributed by atoms with Gasteiger partial charge in [-0.25, -0.2) is 12.8 Å². The van der Waals surface area contributed by atoms with Crippen molar-refractivity contribution in [3.8, 4) is 0 Å². The molecule has 0 spiro atoms. The van der Waals surface area contributed by atoms with E-state index in [1.165, 1.54) is 12.1 Å². The second-order valence-electron chi connectivity index (χ2n) is 6.24. The van der Waals surface area contributed by atoms with E-state index in [1.807, 2.05) is 0 Å². The molecule has 23 heavy (non-hydrogen) atoms. The number of hydrogen-bond acceptors (Lipinski definition) is 4. The molecule has 1 aromatic carbocycles. The number of anilines is 1. The number of carbonyl (C=O) groups excluding carboxylic acids is 1. The second-order valence-corrected chi connectivity index (χ2v) is 8.47. The van der Waals surface area contributed by atoms with Gasteiger partial charge in [-0.3, -0.25) is 4.79 Å². The average Bonchev–Trinajstić information content (AvgIpc) is 2.54. The Morgan fingerprint density at radius 3 is 2.35 bits per heavy atom. The van der Waals surface area contributed by atoms with Crippen LogP contribution in [0.2, 0.25) is 0 Å². The number of carbonyl (C=O) groups is 1. The molecule has 2 fully saturated rings. The van der Waals surface area contributed by atoms with Gasteiger partial charge in [-0.15, -0.1) is 0 Å². The Hall–Kier alpha value is -1.63. The number of nitrogens with zero attached hydrogens (tertiary/aromatic N) is 2. The summed E-state index contributed by atoms with van der Waals surface area (Å²) in [6.07, 6.45) is 1.24. The molecule has 0 bridgehead atoms. The molecule has 0 aliphatic carbocycles. The number of amides is 1. The zero-order valence-electron chi connectivity index (χ0n) is 12.9. The Balaban J connectivity index is 1.58. The molecule has 5 nitrogen and oxygen atoms in total. The lowest BCUT2D eigenvalue weighted by Crippen LogP contribution is -2.51. The first-order valence-electron chi connectivity index (χ1n) is 7.94. The molecule has 1 amide bonds. The first-order valence-corrected chi connectivity index (χ1v) is 9.76. The lowest BCUT2D eigenvalue weighted by atomic mass is 10.0. The van der Waals surface area contributed by atoms with Crippen molar-refractivity contribution in [2.24, 2.45) is 5.92 Å². The summed E-state index contributed by atoms with van der Waals surface area (Å²) in [5.41, 5.74) is 0.943. The molecule has 1 unspecified atom stereocenters. The van der Waals surface area contributed by atoms with E-state index in [9.17, 15) is 17.6 Å². The van der Waals surface area contributed by atoms with Gasteiger partial charge in [0.05, 0.1) is 17.4 Å². The molecule has 0 radical (unpaired) electrons. The molecule has 2 aliphatic heterocycles. The van der Waals surface area contributed by atoms with Crippen LogP contribution in [0.5, 0.6) is 0 Å². The Morgan fingerprint density at radius 2 is 1.74 bits per heavy atom. The van der Waals surface area contributed by atoms with Gasteiger partial charge in [0.15, 0.2) is 9.84 Å². The highest BCUT2D eigenvalue weighted by Gasteiger charge is 2.33. The largest absolute Gasteiger partial charge is 0.368 e. The molecule has 2 aliphatic rings. The highest BCUT2D eigenvalue weighted by molar-refractivity contribution is 7.91. The van der Waals surface area contributed by atoms with E-state index in [0.29, 0.717) is 39.0 Å². The molecule has 0 saturated carbocycles. The van der Waals surface area contributed by atoms with Crippen molar-refractivity contribution in [1.29, 1.82) is 0 Å². The minimum atomic E-state index is -3.07. The standard InChI is InChI=1S/C16H21FN2O3S/c17-14-3-5-15(6-4-14)18-7-9-19(10-8-18)16(20)13-2-1-11-23(21,22)12-13/h3-6,13H,1-2,7-12H2. The zero-order chi connectivity index (χ0) is 16.4. The van der Waals surface area contributed by atoms with Crippen LogP contribution in [0.1, 0.15) is 12.8 Å². The fourth-order valence-electron chi connectivity index (χ4n) is 3.31. The van der Waals surface area contributed by atoms with Crippen molar-refractivity contribution in [2.75, 3.05) is 42.6 Å². The molecule has 2 saturated heterocycles. The number of piperazine rings is 1. The molecule has 7 heteroatoms. The highest BCUT2D eigenvalue weighted by Crippen LogP contribution is 2.22. The Bertz CT molecular complexity index is 667. The van der Waals surface area contributed by atoms with Crippen LogP contribution in [-0.4, -0.2) is 56.9 Å². The maximum absolute atomic E-state index is 13.0. The summed E-state index contributed by atoms with van der Waals surface area (Å²) in [7, 11) is -3.07. The first kappa shape index (κ1) is 16.2. The minimum Gasteiger partial charge on any atom is -0.368 e. The number of sulfone groups is 1. The van der Waals surface area contributed by atoms with E-state index in [2.05, 4.69) is 4.90 Å². The molecule has 0 aromatic heterocycles. The van der Waals surface area contributed by atoms with E-state index in [1.54, 1.807) is 17.0 Å². The summed E-state index contributed by atoms with van der Waals surface area (Å²) < 4.78 is 36.4. The SMILES string of the molecule is O=C(C1CCCS(=O)(=O)C1)N1CCN(c2ccc(F)cc2)CC1. The van der Waals surface area contributed by atoms with Crippen LogP contribution in [0.4, 0.5) is 10.1 Å². The van der Waals surface area contributed by atoms with Crippen molar-refractivity contribution in [2.45, 2.75) is 12.8 Å². The van der Waals surface area contributed by atoms with Gasteiger partial charge < -0.3 is 9.80 Å². The van der Waals surface area contributed by atoms with Gasteiger partial charge >= 0.3 is 0 Å². The third-order valence-corrected chi connectivity index (χ3v) is 6.42. The van der Waals surface area contributed by atoms with Crippen molar-refractivity contribution >= 4 is 21.4 Å². The van der Waals surface area contributed by atoms with Gasteiger partial charge in [-0.1, -0.05) is 0 Å². The van der Waals surface area contributed by atoms with Gasteiger partial charge in [0, 0.05) is 31.9 Å². The molecular formula is C16H21FN2O3S. The van der Waals surface area contributed by atoms with Gasteiger partial charge in [-0.2, -0.15) is 0 Å². The van der Waals surface area contributed by atoms with Crippen LogP contribution in [0.15, 0.2) is 24.3 Å². The summed E-state index contributed by atoms with van der Waals surface area (Å²) in [6.45, 7) is 2.51. The van der Waals surface area contributed by atoms with E-state index >= 15 is 0 Å². The van der Waals surface area contributed by atoms with Gasteiger partial charge in [-0.05, 0) is 37.1 Å². The van der Waals surface area contributed by atoms with Crippen LogP contribution in [-0.2, 0) is 14.6 Å².